The van der Waals surface area contributed by atoms with Gasteiger partial charge in [0, 0.05) is 39.0 Å². The van der Waals surface area contributed by atoms with Gasteiger partial charge in [0.2, 0.25) is 5.91 Å². The first-order valence-electron chi connectivity index (χ1n) is 13.7. The molecule has 3 heterocycles. The van der Waals surface area contributed by atoms with Crippen LogP contribution in [0.3, 0.4) is 0 Å². The van der Waals surface area contributed by atoms with Crippen LogP contribution in [0.5, 0.6) is 0 Å². The van der Waals surface area contributed by atoms with Gasteiger partial charge in [-0.05, 0) is 36.1 Å². The molecule has 1 aliphatic heterocycles. The van der Waals surface area contributed by atoms with E-state index < -0.39 is 0 Å². The lowest BCUT2D eigenvalue weighted by Crippen LogP contribution is -2.35. The number of rotatable bonds is 7. The number of fused-ring (bicyclic) bond motifs is 1. The molecule has 0 atom stereocenters. The van der Waals surface area contributed by atoms with E-state index >= 15 is 0 Å². The van der Waals surface area contributed by atoms with Gasteiger partial charge in [-0.3, -0.25) is 4.79 Å². The Hall–Kier alpha value is -4.52. The van der Waals surface area contributed by atoms with Crippen LogP contribution in [-0.2, 0) is 17.6 Å². The van der Waals surface area contributed by atoms with Gasteiger partial charge in [-0.25, -0.2) is 14.6 Å². The van der Waals surface area contributed by atoms with E-state index in [-0.39, 0.29) is 5.91 Å². The molecule has 3 aromatic carbocycles. The maximum atomic E-state index is 13.1. The Morgan fingerprint density at radius 3 is 2.18 bits per heavy atom. The lowest BCUT2D eigenvalue weighted by molar-refractivity contribution is -0.130. The predicted molar refractivity (Wildman–Crippen MR) is 154 cm³/mol. The molecule has 196 valence electrons. The highest BCUT2D eigenvalue weighted by atomic mass is 16.2. The molecule has 7 heteroatoms. The summed E-state index contributed by atoms with van der Waals surface area (Å²) in [6.07, 6.45) is 4.71. The molecule has 7 nitrogen and oxygen atoms in total. The molecule has 0 unspecified atom stereocenters. The summed E-state index contributed by atoms with van der Waals surface area (Å²) in [7, 11) is 0. The van der Waals surface area contributed by atoms with Gasteiger partial charge in [-0.15, -0.1) is 0 Å². The van der Waals surface area contributed by atoms with E-state index in [0.29, 0.717) is 19.4 Å². The van der Waals surface area contributed by atoms with Crippen LogP contribution in [0.1, 0.15) is 29.8 Å². The van der Waals surface area contributed by atoms with Gasteiger partial charge in [0.25, 0.3) is 0 Å². The Bertz CT molecular complexity index is 1540. The monoisotopic (exact) mass is 516 g/mol. The summed E-state index contributed by atoms with van der Waals surface area (Å²) >= 11 is 0. The molecular weight excluding hydrogens is 484 g/mol. The standard InChI is InChI=1S/C32H32N6O/c39-30(18-17-25-11-4-1-5-12-25)36-19-10-20-37(22-21-36)31-28-24-33-38(27-15-8-3-9-16-27)32(28)35-29(34-31)23-26-13-6-2-7-14-26/h1-9,11-16,24H,10,17-23H2. The van der Waals surface area contributed by atoms with Crippen molar-refractivity contribution in [1.82, 2.24) is 24.6 Å². The Balaban J connectivity index is 1.27. The van der Waals surface area contributed by atoms with Gasteiger partial charge in [0.1, 0.15) is 11.6 Å². The minimum Gasteiger partial charge on any atom is -0.354 e. The molecule has 0 spiro atoms. The number of aromatic nitrogens is 4. The second-order valence-corrected chi connectivity index (χ2v) is 9.96. The van der Waals surface area contributed by atoms with Gasteiger partial charge < -0.3 is 9.80 Å². The molecule has 0 radical (unpaired) electrons. The number of hydrogen-bond acceptors (Lipinski definition) is 5. The number of aryl methyl sites for hydroxylation is 1. The zero-order valence-electron chi connectivity index (χ0n) is 22.0. The Labute approximate surface area is 228 Å². The summed E-state index contributed by atoms with van der Waals surface area (Å²) in [5.74, 6) is 1.88. The predicted octanol–water partition coefficient (Wildman–Crippen LogP) is 5.08. The van der Waals surface area contributed by atoms with Crippen LogP contribution in [0.25, 0.3) is 16.7 Å². The first-order chi connectivity index (χ1) is 19.2. The molecule has 0 N–H and O–H groups in total. The van der Waals surface area contributed by atoms with Crippen molar-refractivity contribution in [3.8, 4) is 5.69 Å². The smallest absolute Gasteiger partial charge is 0.222 e. The van der Waals surface area contributed by atoms with Crippen molar-refractivity contribution < 1.29 is 4.79 Å². The first-order valence-corrected chi connectivity index (χ1v) is 13.7. The molecule has 39 heavy (non-hydrogen) atoms. The molecule has 1 fully saturated rings. The summed E-state index contributed by atoms with van der Waals surface area (Å²) in [5, 5.41) is 5.64. The number of anilines is 1. The quantitative estimate of drug-likeness (QED) is 0.302. The Morgan fingerprint density at radius 2 is 1.44 bits per heavy atom. The number of amides is 1. The third-order valence-corrected chi connectivity index (χ3v) is 7.28. The molecule has 6 rings (SSSR count). The van der Waals surface area contributed by atoms with Gasteiger partial charge in [0.05, 0.1) is 17.3 Å². The van der Waals surface area contributed by atoms with Crippen LogP contribution in [-0.4, -0.2) is 56.7 Å². The van der Waals surface area contributed by atoms with Crippen LogP contribution >= 0.6 is 0 Å². The fourth-order valence-electron chi connectivity index (χ4n) is 5.23. The fourth-order valence-corrected chi connectivity index (χ4v) is 5.23. The highest BCUT2D eigenvalue weighted by Gasteiger charge is 2.23. The molecule has 5 aromatic rings. The second-order valence-electron chi connectivity index (χ2n) is 9.96. The second kappa shape index (κ2) is 11.5. The molecule has 0 aliphatic carbocycles. The van der Waals surface area contributed by atoms with E-state index in [2.05, 4.69) is 29.2 Å². The van der Waals surface area contributed by atoms with E-state index in [4.69, 9.17) is 15.1 Å². The summed E-state index contributed by atoms with van der Waals surface area (Å²) in [6.45, 7) is 3.00. The van der Waals surface area contributed by atoms with Gasteiger partial charge in [0.15, 0.2) is 5.65 Å². The van der Waals surface area contributed by atoms with E-state index in [1.807, 2.05) is 82.5 Å². The lowest BCUT2D eigenvalue weighted by Gasteiger charge is -2.24. The molecular formula is C32H32N6O. The molecule has 1 aliphatic rings. The summed E-state index contributed by atoms with van der Waals surface area (Å²) in [6, 6.07) is 30.6. The lowest BCUT2D eigenvalue weighted by atomic mass is 10.1. The number of carbonyl (C=O) groups excluding carboxylic acids is 1. The van der Waals surface area contributed by atoms with Crippen molar-refractivity contribution >= 4 is 22.8 Å². The topological polar surface area (TPSA) is 67.2 Å². The normalized spacial score (nSPS) is 13.9. The van der Waals surface area contributed by atoms with E-state index in [1.165, 1.54) is 11.1 Å². The number of benzene rings is 3. The first kappa shape index (κ1) is 24.8. The third-order valence-electron chi connectivity index (χ3n) is 7.28. The van der Waals surface area contributed by atoms with Crippen LogP contribution in [0.15, 0.2) is 97.2 Å². The van der Waals surface area contributed by atoms with Gasteiger partial charge in [-0.2, -0.15) is 5.10 Å². The van der Waals surface area contributed by atoms with E-state index in [1.54, 1.807) is 0 Å². The van der Waals surface area contributed by atoms with Gasteiger partial charge in [-0.1, -0.05) is 78.9 Å². The largest absolute Gasteiger partial charge is 0.354 e. The highest BCUT2D eigenvalue weighted by Crippen LogP contribution is 2.27. The van der Waals surface area contributed by atoms with Crippen molar-refractivity contribution in [2.24, 2.45) is 0 Å². The SMILES string of the molecule is O=C(CCc1ccccc1)N1CCCN(c2nc(Cc3ccccc3)nc3c2cnn3-c2ccccc2)CC1. The van der Waals surface area contributed by atoms with Crippen molar-refractivity contribution in [3.63, 3.8) is 0 Å². The van der Waals surface area contributed by atoms with Gasteiger partial charge >= 0.3 is 0 Å². The molecule has 2 aromatic heterocycles. The number of carbonyl (C=O) groups is 1. The van der Waals surface area contributed by atoms with Crippen molar-refractivity contribution in [1.29, 1.82) is 0 Å². The maximum Gasteiger partial charge on any atom is 0.222 e. The zero-order chi connectivity index (χ0) is 26.4. The third kappa shape index (κ3) is 5.67. The maximum absolute atomic E-state index is 13.1. The van der Waals surface area contributed by atoms with Crippen LogP contribution in [0, 0.1) is 0 Å². The zero-order valence-corrected chi connectivity index (χ0v) is 22.0. The molecule has 0 bridgehead atoms. The fraction of sp³-hybridized carbons (Fsp3) is 0.250. The summed E-state index contributed by atoms with van der Waals surface area (Å²) < 4.78 is 1.90. The number of para-hydroxylation sites is 1. The number of hydrogen-bond donors (Lipinski definition) is 0. The Morgan fingerprint density at radius 1 is 0.744 bits per heavy atom. The number of nitrogens with zero attached hydrogens (tertiary/aromatic N) is 6. The van der Waals surface area contributed by atoms with Crippen molar-refractivity contribution in [2.75, 3.05) is 31.1 Å². The van der Waals surface area contributed by atoms with Crippen LogP contribution < -0.4 is 4.90 Å². The minimum absolute atomic E-state index is 0.218. The van der Waals surface area contributed by atoms with Crippen LogP contribution in [0.2, 0.25) is 0 Å². The van der Waals surface area contributed by atoms with E-state index in [9.17, 15) is 4.79 Å². The van der Waals surface area contributed by atoms with Crippen LogP contribution in [0.4, 0.5) is 5.82 Å². The molecule has 0 saturated carbocycles. The minimum atomic E-state index is 0.218. The summed E-state index contributed by atoms with van der Waals surface area (Å²) in [5.41, 5.74) is 4.14. The summed E-state index contributed by atoms with van der Waals surface area (Å²) in [4.78, 5) is 27.4. The van der Waals surface area contributed by atoms with Crippen molar-refractivity contribution in [3.05, 3.63) is 114 Å². The van der Waals surface area contributed by atoms with E-state index in [0.717, 1.165) is 60.8 Å². The molecule has 1 amide bonds. The average Bonchev–Trinajstić information content (AvgIpc) is 3.25. The average molecular weight is 517 g/mol. The Kier molecular flexibility index (Phi) is 7.30. The van der Waals surface area contributed by atoms with Crippen molar-refractivity contribution in [2.45, 2.75) is 25.7 Å². The highest BCUT2D eigenvalue weighted by molar-refractivity contribution is 5.88. The molecule has 1 saturated heterocycles.